The van der Waals surface area contributed by atoms with E-state index in [2.05, 4.69) is 0 Å². The zero-order valence-electron chi connectivity index (χ0n) is 19.8. The minimum absolute atomic E-state index is 0.0295. The average molecular weight is 447 g/mol. The molecule has 3 aromatic carbocycles. The molecule has 1 N–H and O–H groups in total. The van der Waals surface area contributed by atoms with Crippen LogP contribution in [0.15, 0.2) is 54.6 Å². The highest BCUT2D eigenvalue weighted by molar-refractivity contribution is 5.99. The summed E-state index contributed by atoms with van der Waals surface area (Å²) in [6, 6.07) is 16.8. The zero-order chi connectivity index (χ0) is 24.2. The number of phenolic OH excluding ortho intramolecular Hbond substituents is 1. The topological polar surface area (TPSA) is 72.8 Å². The fourth-order valence-electron chi connectivity index (χ4n) is 3.67. The minimum atomic E-state index is -0.158. The van der Waals surface area contributed by atoms with Gasteiger partial charge < -0.3 is 14.6 Å². The van der Waals surface area contributed by atoms with E-state index in [4.69, 9.17) is 9.47 Å². The molecule has 0 radical (unpaired) electrons. The van der Waals surface area contributed by atoms with Gasteiger partial charge in [-0.1, -0.05) is 45.0 Å². The molecular formula is C28H30O5. The van der Waals surface area contributed by atoms with E-state index < -0.39 is 0 Å². The van der Waals surface area contributed by atoms with Crippen LogP contribution in [0.5, 0.6) is 17.2 Å². The van der Waals surface area contributed by atoms with Gasteiger partial charge in [0.15, 0.2) is 5.78 Å². The molecular weight excluding hydrogens is 416 g/mol. The van der Waals surface area contributed by atoms with E-state index in [1.54, 1.807) is 25.1 Å². The highest BCUT2D eigenvalue weighted by Crippen LogP contribution is 2.34. The van der Waals surface area contributed by atoms with Crippen LogP contribution >= 0.6 is 0 Å². The minimum Gasteiger partial charge on any atom is -0.507 e. The van der Waals surface area contributed by atoms with Crippen LogP contribution in [0.4, 0.5) is 0 Å². The second kappa shape index (κ2) is 9.90. The van der Waals surface area contributed by atoms with E-state index in [1.807, 2.05) is 64.1 Å². The molecule has 0 amide bonds. The number of ether oxygens (including phenoxy) is 2. The Hall–Kier alpha value is -3.60. The number of phenols is 1. The second-order valence-corrected chi connectivity index (χ2v) is 9.43. The van der Waals surface area contributed by atoms with Crippen LogP contribution < -0.4 is 9.47 Å². The van der Waals surface area contributed by atoms with Crippen molar-refractivity contribution < 1.29 is 24.2 Å². The molecule has 5 nitrogen and oxygen atoms in total. The lowest BCUT2D eigenvalue weighted by Gasteiger charge is -2.18. The van der Waals surface area contributed by atoms with Gasteiger partial charge in [-0.15, -0.1) is 0 Å². The molecule has 0 aliphatic carbocycles. The number of carbonyl (C=O) groups excluding carboxylic acids is 2. The smallest absolute Gasteiger partial charge is 0.298 e. The van der Waals surface area contributed by atoms with Crippen molar-refractivity contribution in [1.82, 2.24) is 0 Å². The molecule has 0 aromatic heterocycles. The molecule has 0 saturated heterocycles. The number of hydrogen-bond donors (Lipinski definition) is 1. The Morgan fingerprint density at radius 2 is 1.79 bits per heavy atom. The molecule has 0 unspecified atom stereocenters. The summed E-state index contributed by atoms with van der Waals surface area (Å²) in [7, 11) is 0. The second-order valence-electron chi connectivity index (χ2n) is 9.43. The lowest BCUT2D eigenvalue weighted by Crippen LogP contribution is -2.13. The van der Waals surface area contributed by atoms with Crippen molar-refractivity contribution in [2.75, 3.05) is 0 Å². The number of aryl methyl sites for hydroxylation is 1. The third-order valence-electron chi connectivity index (χ3n) is 5.40. The first-order valence-electron chi connectivity index (χ1n) is 10.9. The van der Waals surface area contributed by atoms with Gasteiger partial charge in [0.05, 0.1) is 5.56 Å². The standard InChI is InChI=1S/C28H30O5/c1-18-9-10-22(33-17-29)14-24(18)21-8-6-7-20(13-21)16-32-26-12-11-23(27(31)19(26)2)25(30)15-28(3,4)5/h6-14,17,31H,15-16H2,1-5H3. The van der Waals surface area contributed by atoms with Crippen LogP contribution in [0.3, 0.4) is 0 Å². The quantitative estimate of drug-likeness (QED) is 0.320. The van der Waals surface area contributed by atoms with Gasteiger partial charge >= 0.3 is 0 Å². The van der Waals surface area contributed by atoms with Crippen molar-refractivity contribution in [1.29, 1.82) is 0 Å². The Morgan fingerprint density at radius 1 is 1.03 bits per heavy atom. The Kier molecular flexibility index (Phi) is 7.22. The molecule has 0 bridgehead atoms. The third-order valence-corrected chi connectivity index (χ3v) is 5.40. The summed E-state index contributed by atoms with van der Waals surface area (Å²) in [5.41, 5.74) is 4.65. The molecule has 0 aliphatic heterocycles. The van der Waals surface area contributed by atoms with Crippen LogP contribution in [0.2, 0.25) is 0 Å². The fraction of sp³-hybridized carbons (Fsp3) is 0.286. The summed E-state index contributed by atoms with van der Waals surface area (Å²) < 4.78 is 11.0. The molecule has 3 aromatic rings. The third kappa shape index (κ3) is 6.01. The summed E-state index contributed by atoms with van der Waals surface area (Å²) in [4.78, 5) is 23.2. The maximum absolute atomic E-state index is 12.6. The van der Waals surface area contributed by atoms with Crippen LogP contribution in [0.25, 0.3) is 11.1 Å². The summed E-state index contributed by atoms with van der Waals surface area (Å²) in [5.74, 6) is 0.902. The van der Waals surface area contributed by atoms with Crippen molar-refractivity contribution in [3.8, 4) is 28.4 Å². The summed E-state index contributed by atoms with van der Waals surface area (Å²) in [6.45, 7) is 10.4. The molecule has 0 heterocycles. The van der Waals surface area contributed by atoms with E-state index in [1.165, 1.54) is 0 Å². The Bertz CT molecular complexity index is 1170. The predicted octanol–water partition coefficient (Wildman–Crippen LogP) is 6.41. The molecule has 3 rings (SSSR count). The van der Waals surface area contributed by atoms with Gasteiger partial charge in [0.25, 0.3) is 6.47 Å². The number of aromatic hydroxyl groups is 1. The van der Waals surface area contributed by atoms with Crippen LogP contribution in [0, 0.1) is 19.3 Å². The molecule has 0 fully saturated rings. The molecule has 172 valence electrons. The van der Waals surface area contributed by atoms with Crippen LogP contribution in [-0.4, -0.2) is 17.4 Å². The highest BCUT2D eigenvalue weighted by Gasteiger charge is 2.21. The van der Waals surface area contributed by atoms with Crippen molar-refractivity contribution in [3.63, 3.8) is 0 Å². The summed E-state index contributed by atoms with van der Waals surface area (Å²) >= 11 is 0. The first-order valence-corrected chi connectivity index (χ1v) is 10.9. The predicted molar refractivity (Wildman–Crippen MR) is 129 cm³/mol. The van der Waals surface area contributed by atoms with Crippen molar-refractivity contribution in [3.05, 3.63) is 76.9 Å². The Morgan fingerprint density at radius 3 is 2.48 bits per heavy atom. The normalized spacial score (nSPS) is 11.2. The number of carbonyl (C=O) groups is 2. The van der Waals surface area contributed by atoms with E-state index in [0.717, 1.165) is 22.3 Å². The monoisotopic (exact) mass is 446 g/mol. The summed E-state index contributed by atoms with van der Waals surface area (Å²) in [5, 5.41) is 10.6. The number of hydrogen-bond acceptors (Lipinski definition) is 5. The molecule has 0 aliphatic rings. The average Bonchev–Trinajstić information content (AvgIpc) is 2.75. The fourth-order valence-corrected chi connectivity index (χ4v) is 3.67. The number of ketones is 1. The first-order chi connectivity index (χ1) is 15.6. The molecule has 0 spiro atoms. The van der Waals surface area contributed by atoms with Crippen molar-refractivity contribution in [2.45, 2.75) is 47.6 Å². The largest absolute Gasteiger partial charge is 0.507 e. The number of Topliss-reactive ketones (excluding diaryl/α,β-unsaturated/α-hetero) is 1. The molecule has 5 heteroatoms. The highest BCUT2D eigenvalue weighted by atomic mass is 16.5. The molecule has 33 heavy (non-hydrogen) atoms. The van der Waals surface area contributed by atoms with E-state index in [0.29, 0.717) is 42.1 Å². The van der Waals surface area contributed by atoms with Gasteiger partial charge in [0.2, 0.25) is 0 Å². The van der Waals surface area contributed by atoms with E-state index in [-0.39, 0.29) is 16.9 Å². The SMILES string of the molecule is Cc1ccc(OC=O)cc1-c1cccc(COc2ccc(C(=O)CC(C)(C)C)c(O)c2C)c1. The van der Waals surface area contributed by atoms with Gasteiger partial charge in [0, 0.05) is 12.0 Å². The first kappa shape index (κ1) is 24.1. The zero-order valence-corrected chi connectivity index (χ0v) is 19.8. The lowest BCUT2D eigenvalue weighted by atomic mass is 9.87. The Balaban J connectivity index is 1.79. The van der Waals surface area contributed by atoms with E-state index in [9.17, 15) is 14.7 Å². The summed E-state index contributed by atoms with van der Waals surface area (Å²) in [6.07, 6.45) is 0.353. The van der Waals surface area contributed by atoms with Gasteiger partial charge in [-0.25, -0.2) is 0 Å². The Labute approximate surface area is 195 Å². The van der Waals surface area contributed by atoms with E-state index >= 15 is 0 Å². The van der Waals surface area contributed by atoms with Gasteiger partial charge in [-0.05, 0) is 71.8 Å². The van der Waals surface area contributed by atoms with Gasteiger partial charge in [-0.2, -0.15) is 0 Å². The van der Waals surface area contributed by atoms with Gasteiger partial charge in [-0.3, -0.25) is 9.59 Å². The van der Waals surface area contributed by atoms with Crippen molar-refractivity contribution in [2.24, 2.45) is 5.41 Å². The van der Waals surface area contributed by atoms with Gasteiger partial charge in [0.1, 0.15) is 23.9 Å². The number of benzene rings is 3. The molecule has 0 atom stereocenters. The maximum Gasteiger partial charge on any atom is 0.298 e. The molecule has 0 saturated carbocycles. The van der Waals surface area contributed by atoms with Crippen molar-refractivity contribution >= 4 is 12.3 Å². The number of rotatable bonds is 8. The van der Waals surface area contributed by atoms with Crippen LogP contribution in [0.1, 0.15) is 54.2 Å². The van der Waals surface area contributed by atoms with Crippen LogP contribution in [-0.2, 0) is 11.4 Å². The lowest BCUT2D eigenvalue weighted by molar-refractivity contribution is -0.120. The maximum atomic E-state index is 12.6.